The number of hydrogen-bond acceptors (Lipinski definition) is 2. The van der Waals surface area contributed by atoms with Crippen LogP contribution >= 0.6 is 11.6 Å². The zero-order valence-electron chi connectivity index (χ0n) is 15.1. The van der Waals surface area contributed by atoms with Gasteiger partial charge in [0, 0.05) is 28.7 Å². The molecular formula is C21H23ClN2O. The third-order valence-electron chi connectivity index (χ3n) is 5.13. The van der Waals surface area contributed by atoms with Gasteiger partial charge in [0.05, 0.1) is 18.2 Å². The van der Waals surface area contributed by atoms with Crippen molar-refractivity contribution in [2.24, 2.45) is 0 Å². The highest BCUT2D eigenvalue weighted by atomic mass is 35.5. The van der Waals surface area contributed by atoms with Gasteiger partial charge in [0.25, 0.3) is 0 Å². The second-order valence-electron chi connectivity index (χ2n) is 7.03. The third kappa shape index (κ3) is 2.62. The zero-order chi connectivity index (χ0) is 17.7. The Balaban J connectivity index is 1.96. The predicted octanol–water partition coefficient (Wildman–Crippen LogP) is 4.99. The molecule has 25 heavy (non-hydrogen) atoms. The van der Waals surface area contributed by atoms with E-state index in [1.54, 1.807) is 7.11 Å². The zero-order valence-corrected chi connectivity index (χ0v) is 15.8. The van der Waals surface area contributed by atoms with Crippen LogP contribution in [0.5, 0.6) is 5.75 Å². The molecule has 1 unspecified atom stereocenters. The molecule has 3 aromatic rings. The van der Waals surface area contributed by atoms with E-state index in [-0.39, 0.29) is 6.04 Å². The van der Waals surface area contributed by atoms with E-state index in [1.165, 1.54) is 33.3 Å². The fourth-order valence-corrected chi connectivity index (χ4v) is 4.50. The second-order valence-corrected chi connectivity index (χ2v) is 7.44. The average Bonchev–Trinajstić information content (AvgIpc) is 2.93. The lowest BCUT2D eigenvalue weighted by Gasteiger charge is -2.27. The van der Waals surface area contributed by atoms with Crippen LogP contribution in [0, 0.1) is 20.8 Å². The lowest BCUT2D eigenvalue weighted by Crippen LogP contribution is -2.30. The van der Waals surface area contributed by atoms with Crippen molar-refractivity contribution in [1.82, 2.24) is 10.3 Å². The normalized spacial score (nSPS) is 16.9. The van der Waals surface area contributed by atoms with E-state index < -0.39 is 0 Å². The van der Waals surface area contributed by atoms with Crippen LogP contribution in [0.2, 0.25) is 5.02 Å². The molecule has 0 amide bonds. The van der Waals surface area contributed by atoms with Gasteiger partial charge < -0.3 is 15.0 Å². The summed E-state index contributed by atoms with van der Waals surface area (Å²) in [4.78, 5) is 3.69. The van der Waals surface area contributed by atoms with Gasteiger partial charge in [-0.2, -0.15) is 0 Å². The van der Waals surface area contributed by atoms with Gasteiger partial charge in [0.15, 0.2) is 0 Å². The molecule has 0 bridgehead atoms. The molecule has 3 nitrogen and oxygen atoms in total. The molecule has 2 N–H and O–H groups in total. The topological polar surface area (TPSA) is 37.0 Å². The maximum absolute atomic E-state index is 6.44. The number of H-pyrrole nitrogens is 1. The maximum Gasteiger partial charge on any atom is 0.142 e. The first-order chi connectivity index (χ1) is 12.0. The summed E-state index contributed by atoms with van der Waals surface area (Å²) in [5, 5.41) is 5.65. The van der Waals surface area contributed by atoms with Crippen molar-refractivity contribution < 1.29 is 4.74 Å². The van der Waals surface area contributed by atoms with Gasteiger partial charge in [-0.25, -0.2) is 0 Å². The Hall–Kier alpha value is -1.97. The van der Waals surface area contributed by atoms with Crippen LogP contribution in [0.3, 0.4) is 0 Å². The van der Waals surface area contributed by atoms with Gasteiger partial charge >= 0.3 is 0 Å². The summed E-state index contributed by atoms with van der Waals surface area (Å²) in [6.07, 6.45) is 1.02. The summed E-state index contributed by atoms with van der Waals surface area (Å²) in [5.41, 5.74) is 8.70. The van der Waals surface area contributed by atoms with Crippen molar-refractivity contribution in [1.29, 1.82) is 0 Å². The molecule has 0 aliphatic carbocycles. The lowest BCUT2D eigenvalue weighted by atomic mass is 9.92. The largest absolute Gasteiger partial charge is 0.495 e. The van der Waals surface area contributed by atoms with E-state index in [1.807, 2.05) is 6.07 Å². The van der Waals surface area contributed by atoms with E-state index in [9.17, 15) is 0 Å². The van der Waals surface area contributed by atoms with E-state index in [0.29, 0.717) is 5.02 Å². The van der Waals surface area contributed by atoms with Crippen LogP contribution in [0.15, 0.2) is 24.3 Å². The van der Waals surface area contributed by atoms with Crippen molar-refractivity contribution in [3.63, 3.8) is 0 Å². The first kappa shape index (κ1) is 16.5. The number of ether oxygens (including phenoxy) is 1. The molecule has 1 aromatic heterocycles. The number of hydrogen-bond donors (Lipinski definition) is 2. The Morgan fingerprint density at radius 2 is 1.84 bits per heavy atom. The molecule has 0 fully saturated rings. The highest BCUT2D eigenvalue weighted by Crippen LogP contribution is 2.41. The standard InChI is InChI=1S/C21H23ClN2O/c1-11-7-13(3)18-15(8-11)14-5-6-23-19(20(14)24-18)16-9-12(2)10-17(22)21(16)25-4/h7-10,19,23-24H,5-6H2,1-4H3. The van der Waals surface area contributed by atoms with Crippen LogP contribution in [0.4, 0.5) is 0 Å². The smallest absolute Gasteiger partial charge is 0.142 e. The van der Waals surface area contributed by atoms with Gasteiger partial charge in [-0.1, -0.05) is 29.3 Å². The van der Waals surface area contributed by atoms with Crippen LogP contribution in [-0.4, -0.2) is 18.6 Å². The minimum atomic E-state index is 0.0585. The first-order valence-electron chi connectivity index (χ1n) is 8.68. The number of rotatable bonds is 2. The highest BCUT2D eigenvalue weighted by Gasteiger charge is 2.28. The summed E-state index contributed by atoms with van der Waals surface area (Å²) >= 11 is 6.44. The SMILES string of the molecule is COc1c(Cl)cc(C)cc1C1NCCc2c1[nH]c1c(C)cc(C)cc21. The molecule has 2 heterocycles. The van der Waals surface area contributed by atoms with Gasteiger partial charge in [-0.15, -0.1) is 0 Å². The van der Waals surface area contributed by atoms with Crippen molar-refractivity contribution in [2.45, 2.75) is 33.2 Å². The molecule has 4 rings (SSSR count). The number of methoxy groups -OCH3 is 1. The maximum atomic E-state index is 6.44. The average molecular weight is 355 g/mol. The minimum absolute atomic E-state index is 0.0585. The number of aryl methyl sites for hydroxylation is 3. The van der Waals surface area contributed by atoms with Crippen LogP contribution in [0.1, 0.15) is 39.6 Å². The van der Waals surface area contributed by atoms with Gasteiger partial charge in [-0.05, 0) is 56.0 Å². The lowest BCUT2D eigenvalue weighted by molar-refractivity contribution is 0.402. The Morgan fingerprint density at radius 1 is 1.08 bits per heavy atom. The van der Waals surface area contributed by atoms with Crippen LogP contribution in [-0.2, 0) is 6.42 Å². The predicted molar refractivity (Wildman–Crippen MR) is 104 cm³/mol. The molecule has 0 spiro atoms. The molecular weight excluding hydrogens is 332 g/mol. The minimum Gasteiger partial charge on any atom is -0.495 e. The Bertz CT molecular complexity index is 974. The Labute approximate surface area is 153 Å². The molecule has 4 heteroatoms. The van der Waals surface area contributed by atoms with E-state index in [2.05, 4.69) is 49.3 Å². The van der Waals surface area contributed by atoms with Crippen molar-refractivity contribution in [3.8, 4) is 5.75 Å². The molecule has 1 aliphatic rings. The number of nitrogens with one attached hydrogen (secondary N) is 2. The van der Waals surface area contributed by atoms with E-state index >= 15 is 0 Å². The molecule has 130 valence electrons. The molecule has 0 saturated carbocycles. The van der Waals surface area contributed by atoms with Crippen molar-refractivity contribution in [2.75, 3.05) is 13.7 Å². The Morgan fingerprint density at radius 3 is 2.60 bits per heavy atom. The Kier molecular flexibility index (Phi) is 4.01. The van der Waals surface area contributed by atoms with Gasteiger partial charge in [0.2, 0.25) is 0 Å². The molecule has 2 aromatic carbocycles. The molecule has 0 radical (unpaired) electrons. The number of halogens is 1. The summed E-state index contributed by atoms with van der Waals surface area (Å²) in [7, 11) is 1.68. The monoisotopic (exact) mass is 354 g/mol. The van der Waals surface area contributed by atoms with Crippen molar-refractivity contribution in [3.05, 3.63) is 62.8 Å². The summed E-state index contributed by atoms with van der Waals surface area (Å²) in [6.45, 7) is 7.33. The van der Waals surface area contributed by atoms with Gasteiger partial charge in [0.1, 0.15) is 5.75 Å². The fourth-order valence-electron chi connectivity index (χ4n) is 4.14. The molecule has 1 aliphatic heterocycles. The van der Waals surface area contributed by atoms with E-state index in [0.717, 1.165) is 29.8 Å². The van der Waals surface area contributed by atoms with Gasteiger partial charge in [-0.3, -0.25) is 0 Å². The molecule has 1 atom stereocenters. The summed E-state index contributed by atoms with van der Waals surface area (Å²) in [6, 6.07) is 8.70. The third-order valence-corrected chi connectivity index (χ3v) is 5.41. The first-order valence-corrected chi connectivity index (χ1v) is 9.06. The number of benzene rings is 2. The number of fused-ring (bicyclic) bond motifs is 3. The van der Waals surface area contributed by atoms with Crippen LogP contribution in [0.25, 0.3) is 10.9 Å². The van der Waals surface area contributed by atoms with E-state index in [4.69, 9.17) is 16.3 Å². The fraction of sp³-hybridized carbons (Fsp3) is 0.333. The summed E-state index contributed by atoms with van der Waals surface area (Å²) in [5.74, 6) is 0.754. The molecule has 0 saturated heterocycles. The van der Waals surface area contributed by atoms with Crippen LogP contribution < -0.4 is 10.1 Å². The second kappa shape index (κ2) is 6.08. The van der Waals surface area contributed by atoms with Crippen molar-refractivity contribution >= 4 is 22.5 Å². The number of aromatic nitrogens is 1. The number of aromatic amines is 1. The quantitative estimate of drug-likeness (QED) is 0.680. The highest BCUT2D eigenvalue weighted by molar-refractivity contribution is 6.32. The summed E-state index contributed by atoms with van der Waals surface area (Å²) < 4.78 is 5.63.